The smallest absolute Gasteiger partial charge is 0.232 e. The highest BCUT2D eigenvalue weighted by atomic mass is 32.2. The molecule has 1 heterocycles. The Morgan fingerprint density at radius 2 is 1.78 bits per heavy atom. The van der Waals surface area contributed by atoms with Crippen LogP contribution in [0, 0.1) is 5.82 Å². The van der Waals surface area contributed by atoms with Crippen LogP contribution in [-0.2, 0) is 9.59 Å². The number of para-hydroxylation sites is 1. The molecule has 1 aliphatic heterocycles. The van der Waals surface area contributed by atoms with Gasteiger partial charge in [-0.25, -0.2) is 4.39 Å². The lowest BCUT2D eigenvalue weighted by atomic mass is 9.77. The maximum atomic E-state index is 14.4. The third-order valence-corrected chi connectivity index (χ3v) is 6.03. The zero-order valence-electron chi connectivity index (χ0n) is 15.1. The average Bonchev–Trinajstić information content (AvgIpc) is 2.68. The van der Waals surface area contributed by atoms with Gasteiger partial charge in [-0.1, -0.05) is 24.3 Å². The summed E-state index contributed by atoms with van der Waals surface area (Å²) in [5.74, 6) is -0.783. The predicted octanol–water partition coefficient (Wildman–Crippen LogP) is 5.08. The third-order valence-electron chi connectivity index (χ3n) is 5.29. The molecule has 1 amide bonds. The van der Waals surface area contributed by atoms with Crippen molar-refractivity contribution in [1.29, 1.82) is 0 Å². The summed E-state index contributed by atoms with van der Waals surface area (Å²) in [7, 11) is 0. The average molecular weight is 381 g/mol. The van der Waals surface area contributed by atoms with E-state index in [1.807, 2.05) is 30.5 Å². The Hall–Kier alpha value is -2.40. The quantitative estimate of drug-likeness (QED) is 0.696. The number of anilines is 1. The Balaban J connectivity index is 1.84. The second-order valence-corrected chi connectivity index (χ2v) is 7.73. The van der Waals surface area contributed by atoms with Crippen LogP contribution in [0.4, 0.5) is 10.1 Å². The van der Waals surface area contributed by atoms with E-state index in [1.54, 1.807) is 30.0 Å². The molecule has 0 spiro atoms. The van der Waals surface area contributed by atoms with Crippen molar-refractivity contribution in [3.05, 3.63) is 71.2 Å². The molecule has 0 saturated carbocycles. The Morgan fingerprint density at radius 1 is 1.04 bits per heavy atom. The number of Topliss-reactive ketones (excluding diaryl/α,β-unsaturated/α-hetero) is 1. The maximum Gasteiger partial charge on any atom is 0.232 e. The van der Waals surface area contributed by atoms with E-state index in [2.05, 4.69) is 0 Å². The lowest BCUT2D eigenvalue weighted by Crippen LogP contribution is -2.41. The molecule has 138 valence electrons. The van der Waals surface area contributed by atoms with Gasteiger partial charge in [0.1, 0.15) is 5.82 Å². The van der Waals surface area contributed by atoms with Gasteiger partial charge < -0.3 is 0 Å². The third kappa shape index (κ3) is 3.21. The summed E-state index contributed by atoms with van der Waals surface area (Å²) in [5.41, 5.74) is 2.56. The molecule has 2 aliphatic rings. The molecule has 4 rings (SSSR count). The second kappa shape index (κ2) is 7.31. The molecule has 0 fully saturated rings. The Morgan fingerprint density at radius 3 is 2.48 bits per heavy atom. The van der Waals surface area contributed by atoms with Crippen molar-refractivity contribution in [1.82, 2.24) is 0 Å². The second-order valence-electron chi connectivity index (χ2n) is 6.85. The molecule has 5 heteroatoms. The van der Waals surface area contributed by atoms with Crippen LogP contribution in [0.3, 0.4) is 0 Å². The molecule has 0 N–H and O–H groups in total. The molecule has 1 unspecified atom stereocenters. The van der Waals surface area contributed by atoms with E-state index < -0.39 is 5.82 Å². The fourth-order valence-corrected chi connectivity index (χ4v) is 4.43. The normalized spacial score (nSPS) is 20.1. The number of hydrogen-bond donors (Lipinski definition) is 0. The number of halogens is 1. The fourth-order valence-electron chi connectivity index (χ4n) is 4.03. The molecule has 0 saturated heterocycles. The van der Waals surface area contributed by atoms with Crippen LogP contribution in [0.5, 0.6) is 0 Å². The van der Waals surface area contributed by atoms with Gasteiger partial charge in [-0.2, -0.15) is 0 Å². The highest BCUT2D eigenvalue weighted by Gasteiger charge is 2.40. The molecular formula is C22H20FNO2S. The largest absolute Gasteiger partial charge is 0.294 e. The topological polar surface area (TPSA) is 37.4 Å². The number of benzene rings is 2. The highest BCUT2D eigenvalue weighted by molar-refractivity contribution is 7.98. The number of rotatable bonds is 3. The first kappa shape index (κ1) is 18.0. The van der Waals surface area contributed by atoms with Crippen molar-refractivity contribution in [3.63, 3.8) is 0 Å². The number of allylic oxidation sites excluding steroid dienone is 2. The molecular weight excluding hydrogens is 361 g/mol. The van der Waals surface area contributed by atoms with Gasteiger partial charge in [0.2, 0.25) is 5.91 Å². The standard InChI is InChI=1S/C22H20FNO2S/c1-27-15-11-9-14(10-12-15)16-13-21(26)24(18-6-3-2-5-17(18)23)19-7-4-8-20(25)22(16)19/h2-3,5-6,9-12,16H,4,7-8,13H2,1H3. The molecule has 1 atom stereocenters. The fraction of sp³-hybridized carbons (Fsp3) is 0.273. The van der Waals surface area contributed by atoms with Crippen molar-refractivity contribution >= 4 is 29.1 Å². The van der Waals surface area contributed by atoms with Crippen LogP contribution in [-0.4, -0.2) is 17.9 Å². The van der Waals surface area contributed by atoms with Crippen molar-refractivity contribution in [2.24, 2.45) is 0 Å². The number of carbonyl (C=O) groups is 2. The first-order chi connectivity index (χ1) is 13.1. The summed E-state index contributed by atoms with van der Waals surface area (Å²) < 4.78 is 14.4. The summed E-state index contributed by atoms with van der Waals surface area (Å²) in [4.78, 5) is 28.4. The SMILES string of the molecule is CSc1ccc(C2CC(=O)N(c3ccccc3F)C3=C2C(=O)CCC3)cc1. The van der Waals surface area contributed by atoms with Crippen molar-refractivity contribution < 1.29 is 14.0 Å². The molecule has 0 bridgehead atoms. The minimum Gasteiger partial charge on any atom is -0.294 e. The number of thioether (sulfide) groups is 1. The summed E-state index contributed by atoms with van der Waals surface area (Å²) in [6, 6.07) is 14.3. The van der Waals surface area contributed by atoms with Crippen LogP contribution in [0.2, 0.25) is 0 Å². The number of ketones is 1. The Kier molecular flexibility index (Phi) is 4.87. The predicted molar refractivity (Wildman–Crippen MR) is 105 cm³/mol. The van der Waals surface area contributed by atoms with Crippen LogP contribution in [0.1, 0.15) is 37.2 Å². The number of amides is 1. The number of carbonyl (C=O) groups excluding carboxylic acids is 2. The van der Waals surface area contributed by atoms with Crippen LogP contribution in [0.15, 0.2) is 64.7 Å². The monoisotopic (exact) mass is 381 g/mol. The minimum absolute atomic E-state index is 0.0732. The molecule has 2 aromatic carbocycles. The van der Waals surface area contributed by atoms with E-state index in [-0.39, 0.29) is 29.7 Å². The van der Waals surface area contributed by atoms with E-state index in [1.165, 1.54) is 11.0 Å². The molecule has 0 aromatic heterocycles. The Labute approximate surface area is 162 Å². The maximum absolute atomic E-state index is 14.4. The highest BCUT2D eigenvalue weighted by Crippen LogP contribution is 2.43. The van der Waals surface area contributed by atoms with E-state index in [0.29, 0.717) is 30.5 Å². The van der Waals surface area contributed by atoms with Gasteiger partial charge in [0.15, 0.2) is 5.78 Å². The first-order valence-electron chi connectivity index (χ1n) is 9.08. The summed E-state index contributed by atoms with van der Waals surface area (Å²) >= 11 is 1.65. The Bertz CT molecular complexity index is 936. The van der Waals surface area contributed by atoms with E-state index in [9.17, 15) is 14.0 Å². The van der Waals surface area contributed by atoms with Crippen molar-refractivity contribution in [2.75, 3.05) is 11.2 Å². The summed E-state index contributed by atoms with van der Waals surface area (Å²) in [6.45, 7) is 0. The van der Waals surface area contributed by atoms with Gasteiger partial charge in [-0.3, -0.25) is 14.5 Å². The van der Waals surface area contributed by atoms with Gasteiger partial charge in [0.25, 0.3) is 0 Å². The number of nitrogens with zero attached hydrogens (tertiary/aromatic N) is 1. The molecule has 2 aromatic rings. The number of hydrogen-bond acceptors (Lipinski definition) is 3. The van der Waals surface area contributed by atoms with E-state index in [4.69, 9.17) is 0 Å². The summed E-state index contributed by atoms with van der Waals surface area (Å²) in [5, 5.41) is 0. The van der Waals surface area contributed by atoms with Crippen LogP contribution in [0.25, 0.3) is 0 Å². The zero-order chi connectivity index (χ0) is 19.0. The van der Waals surface area contributed by atoms with Crippen LogP contribution >= 0.6 is 11.8 Å². The first-order valence-corrected chi connectivity index (χ1v) is 10.3. The van der Waals surface area contributed by atoms with E-state index >= 15 is 0 Å². The van der Waals surface area contributed by atoms with Crippen LogP contribution < -0.4 is 4.90 Å². The van der Waals surface area contributed by atoms with Gasteiger partial charge >= 0.3 is 0 Å². The lowest BCUT2D eigenvalue weighted by Gasteiger charge is -2.38. The summed E-state index contributed by atoms with van der Waals surface area (Å²) in [6.07, 6.45) is 3.97. The lowest BCUT2D eigenvalue weighted by molar-refractivity contribution is -0.120. The van der Waals surface area contributed by atoms with Gasteiger partial charge in [0, 0.05) is 34.9 Å². The molecule has 0 radical (unpaired) electrons. The van der Waals surface area contributed by atoms with Gasteiger partial charge in [-0.15, -0.1) is 11.8 Å². The molecule has 3 nitrogen and oxygen atoms in total. The van der Waals surface area contributed by atoms with Gasteiger partial charge in [0.05, 0.1) is 5.69 Å². The zero-order valence-corrected chi connectivity index (χ0v) is 15.9. The van der Waals surface area contributed by atoms with Crippen molar-refractivity contribution in [3.8, 4) is 0 Å². The van der Waals surface area contributed by atoms with E-state index in [0.717, 1.165) is 10.5 Å². The van der Waals surface area contributed by atoms with Crippen molar-refractivity contribution in [2.45, 2.75) is 36.5 Å². The molecule has 27 heavy (non-hydrogen) atoms. The molecule has 1 aliphatic carbocycles. The van der Waals surface area contributed by atoms with Gasteiger partial charge in [-0.05, 0) is 48.9 Å². The minimum atomic E-state index is -0.446.